The summed E-state index contributed by atoms with van der Waals surface area (Å²) in [6, 6.07) is 13.6. The molecule has 1 N–H and O–H groups in total. The number of aromatic nitrogens is 1. The number of nitrogens with one attached hydrogen (secondary N) is 1. The second kappa shape index (κ2) is 7.41. The van der Waals surface area contributed by atoms with Crippen molar-refractivity contribution in [2.45, 2.75) is 13.8 Å². The third-order valence-electron chi connectivity index (χ3n) is 3.57. The minimum Gasteiger partial charge on any atom is -0.427 e. The first-order valence-corrected chi connectivity index (χ1v) is 8.14. The number of anilines is 1. The quantitative estimate of drug-likeness (QED) is 0.541. The van der Waals surface area contributed by atoms with E-state index in [1.807, 2.05) is 0 Å². The third kappa shape index (κ3) is 3.75. The smallest absolute Gasteiger partial charge is 0.308 e. The van der Waals surface area contributed by atoms with Gasteiger partial charge in [-0.25, -0.2) is 0 Å². The van der Waals surface area contributed by atoms with Gasteiger partial charge in [0.05, 0.1) is 5.02 Å². The second-order valence-corrected chi connectivity index (χ2v) is 5.93. The molecule has 0 aliphatic carbocycles. The van der Waals surface area contributed by atoms with Gasteiger partial charge < -0.3 is 14.6 Å². The van der Waals surface area contributed by atoms with Crippen molar-refractivity contribution in [1.82, 2.24) is 5.16 Å². The Balaban J connectivity index is 1.91. The van der Waals surface area contributed by atoms with Crippen LogP contribution >= 0.6 is 11.6 Å². The number of esters is 1. The van der Waals surface area contributed by atoms with E-state index in [1.54, 1.807) is 55.5 Å². The maximum atomic E-state index is 12.8. The fourth-order valence-corrected chi connectivity index (χ4v) is 2.70. The van der Waals surface area contributed by atoms with Crippen LogP contribution in [0.15, 0.2) is 53.1 Å². The van der Waals surface area contributed by atoms with Crippen LogP contribution in [-0.2, 0) is 4.79 Å². The second-order valence-electron chi connectivity index (χ2n) is 5.52. The molecule has 0 unspecified atom stereocenters. The highest BCUT2D eigenvalue weighted by atomic mass is 35.5. The number of hydrogen-bond donors (Lipinski definition) is 1. The van der Waals surface area contributed by atoms with Gasteiger partial charge in [-0.3, -0.25) is 9.59 Å². The van der Waals surface area contributed by atoms with Crippen LogP contribution in [0.5, 0.6) is 5.75 Å². The van der Waals surface area contributed by atoms with Gasteiger partial charge in [-0.15, -0.1) is 0 Å². The maximum Gasteiger partial charge on any atom is 0.308 e. The highest BCUT2D eigenvalue weighted by Crippen LogP contribution is 2.31. The summed E-state index contributed by atoms with van der Waals surface area (Å²) in [6.45, 7) is 2.96. The lowest BCUT2D eigenvalue weighted by Gasteiger charge is -2.08. The minimum absolute atomic E-state index is 0.288. The first-order valence-electron chi connectivity index (χ1n) is 7.76. The Morgan fingerprint density at radius 2 is 1.92 bits per heavy atom. The van der Waals surface area contributed by atoms with Gasteiger partial charge in [-0.05, 0) is 25.1 Å². The van der Waals surface area contributed by atoms with Gasteiger partial charge in [-0.1, -0.05) is 41.0 Å². The Morgan fingerprint density at radius 1 is 1.15 bits per heavy atom. The van der Waals surface area contributed by atoms with Gasteiger partial charge in [-0.2, -0.15) is 0 Å². The van der Waals surface area contributed by atoms with Crippen LogP contribution in [0, 0.1) is 6.92 Å². The molecule has 3 aromatic rings. The molecule has 0 fully saturated rings. The minimum atomic E-state index is -0.440. The van der Waals surface area contributed by atoms with Crippen LogP contribution in [0.4, 0.5) is 5.69 Å². The average molecular weight is 371 g/mol. The van der Waals surface area contributed by atoms with Crippen molar-refractivity contribution >= 4 is 29.2 Å². The molecular weight excluding hydrogens is 356 g/mol. The monoisotopic (exact) mass is 370 g/mol. The van der Waals surface area contributed by atoms with Gasteiger partial charge in [0.15, 0.2) is 0 Å². The first kappa shape index (κ1) is 17.7. The van der Waals surface area contributed by atoms with Crippen molar-refractivity contribution in [3.05, 3.63) is 64.9 Å². The van der Waals surface area contributed by atoms with Crippen LogP contribution in [0.3, 0.4) is 0 Å². The van der Waals surface area contributed by atoms with Gasteiger partial charge in [0.2, 0.25) is 0 Å². The summed E-state index contributed by atoms with van der Waals surface area (Å²) in [5, 5.41) is 7.20. The van der Waals surface area contributed by atoms with Gasteiger partial charge in [0.25, 0.3) is 5.91 Å². The van der Waals surface area contributed by atoms with Crippen LogP contribution in [-0.4, -0.2) is 17.0 Å². The van der Waals surface area contributed by atoms with Crippen LogP contribution < -0.4 is 10.1 Å². The number of halogens is 1. The predicted octanol–water partition coefficient (Wildman–Crippen LogP) is 4.48. The summed E-state index contributed by atoms with van der Waals surface area (Å²) in [6.07, 6.45) is 0. The summed E-state index contributed by atoms with van der Waals surface area (Å²) < 4.78 is 10.2. The molecule has 0 saturated carbocycles. The summed E-state index contributed by atoms with van der Waals surface area (Å²) in [4.78, 5) is 23.8. The lowest BCUT2D eigenvalue weighted by atomic mass is 10.1. The molecule has 0 atom stereocenters. The van der Waals surface area contributed by atoms with E-state index in [0.717, 1.165) is 0 Å². The molecule has 3 rings (SSSR count). The number of carbonyl (C=O) groups is 2. The number of carbonyl (C=O) groups excluding carboxylic acids is 2. The standard InChI is InChI=1S/C19H15ClN2O4/c1-11-17(18(22-26-11)15-8-3-4-9-16(15)20)19(24)21-13-6-5-7-14(10-13)25-12(2)23/h3-10H,1-2H3,(H,21,24). The molecule has 0 spiro atoms. The number of hydrogen-bond acceptors (Lipinski definition) is 5. The molecule has 0 aliphatic rings. The van der Waals surface area contributed by atoms with E-state index in [9.17, 15) is 9.59 Å². The Hall–Kier alpha value is -3.12. The summed E-state index contributed by atoms with van der Waals surface area (Å²) in [5.74, 6) is -0.139. The average Bonchev–Trinajstić information content (AvgIpc) is 2.96. The predicted molar refractivity (Wildman–Crippen MR) is 97.4 cm³/mol. The number of nitrogens with zero attached hydrogens (tertiary/aromatic N) is 1. The molecule has 1 aromatic heterocycles. The third-order valence-corrected chi connectivity index (χ3v) is 3.90. The topological polar surface area (TPSA) is 81.4 Å². The molecule has 26 heavy (non-hydrogen) atoms. The maximum absolute atomic E-state index is 12.8. The Kier molecular flexibility index (Phi) is 5.04. The van der Waals surface area contributed by atoms with E-state index < -0.39 is 11.9 Å². The molecule has 1 heterocycles. The van der Waals surface area contributed by atoms with E-state index in [0.29, 0.717) is 33.5 Å². The van der Waals surface area contributed by atoms with Crippen LogP contribution in [0.25, 0.3) is 11.3 Å². The normalized spacial score (nSPS) is 10.4. The molecule has 0 saturated heterocycles. The Labute approximate surface area is 154 Å². The number of benzene rings is 2. The zero-order valence-electron chi connectivity index (χ0n) is 14.1. The molecule has 6 nitrogen and oxygen atoms in total. The summed E-state index contributed by atoms with van der Waals surface area (Å²) >= 11 is 6.21. The molecular formula is C19H15ClN2O4. The molecule has 7 heteroatoms. The van der Waals surface area contributed by atoms with Crippen molar-refractivity contribution in [3.8, 4) is 17.0 Å². The van der Waals surface area contributed by atoms with E-state index in [4.69, 9.17) is 20.9 Å². The van der Waals surface area contributed by atoms with E-state index in [2.05, 4.69) is 10.5 Å². The van der Waals surface area contributed by atoms with E-state index in [1.165, 1.54) is 6.92 Å². The van der Waals surface area contributed by atoms with Crippen molar-refractivity contribution in [2.75, 3.05) is 5.32 Å². The summed E-state index contributed by atoms with van der Waals surface area (Å²) in [5.41, 5.74) is 1.72. The van der Waals surface area contributed by atoms with Crippen molar-refractivity contribution < 1.29 is 18.8 Å². The van der Waals surface area contributed by atoms with Crippen LogP contribution in [0.1, 0.15) is 23.0 Å². The van der Waals surface area contributed by atoms with Gasteiger partial charge in [0, 0.05) is 24.2 Å². The Bertz CT molecular complexity index is 981. The van der Waals surface area contributed by atoms with E-state index in [-0.39, 0.29) is 5.56 Å². The highest BCUT2D eigenvalue weighted by Gasteiger charge is 2.23. The first-order chi connectivity index (χ1) is 12.5. The van der Waals surface area contributed by atoms with E-state index >= 15 is 0 Å². The zero-order valence-corrected chi connectivity index (χ0v) is 14.8. The molecule has 1 amide bonds. The highest BCUT2D eigenvalue weighted by molar-refractivity contribution is 6.33. The Morgan fingerprint density at radius 3 is 2.65 bits per heavy atom. The molecule has 2 aromatic carbocycles. The largest absolute Gasteiger partial charge is 0.427 e. The fraction of sp³-hybridized carbons (Fsp3) is 0.105. The van der Waals surface area contributed by atoms with Gasteiger partial charge in [0.1, 0.15) is 22.8 Å². The van der Waals surface area contributed by atoms with Crippen molar-refractivity contribution in [3.63, 3.8) is 0 Å². The fourth-order valence-electron chi connectivity index (χ4n) is 2.47. The summed E-state index contributed by atoms with van der Waals surface area (Å²) in [7, 11) is 0. The zero-order chi connectivity index (χ0) is 18.7. The lowest BCUT2D eigenvalue weighted by Crippen LogP contribution is -2.13. The molecule has 0 aliphatic heterocycles. The lowest BCUT2D eigenvalue weighted by molar-refractivity contribution is -0.131. The molecule has 0 bridgehead atoms. The number of amides is 1. The van der Waals surface area contributed by atoms with Gasteiger partial charge >= 0.3 is 5.97 Å². The SMILES string of the molecule is CC(=O)Oc1cccc(NC(=O)c2c(-c3ccccc3Cl)noc2C)c1. The van der Waals surface area contributed by atoms with Crippen LogP contribution in [0.2, 0.25) is 5.02 Å². The van der Waals surface area contributed by atoms with Crippen molar-refractivity contribution in [2.24, 2.45) is 0 Å². The molecule has 0 radical (unpaired) electrons. The number of ether oxygens (including phenoxy) is 1. The van der Waals surface area contributed by atoms with Crippen molar-refractivity contribution in [1.29, 1.82) is 0 Å². The molecule has 132 valence electrons. The number of aryl methyl sites for hydroxylation is 1. The number of rotatable bonds is 4.